The van der Waals surface area contributed by atoms with Crippen molar-refractivity contribution in [3.05, 3.63) is 70.7 Å². The van der Waals surface area contributed by atoms with Gasteiger partial charge in [-0.1, -0.05) is 61.0 Å². The van der Waals surface area contributed by atoms with Crippen molar-refractivity contribution in [1.29, 1.82) is 0 Å². The summed E-state index contributed by atoms with van der Waals surface area (Å²) in [6.07, 6.45) is 2.67. The highest BCUT2D eigenvalue weighted by Crippen LogP contribution is 2.41. The molecule has 110 valence electrons. The van der Waals surface area contributed by atoms with Gasteiger partial charge in [-0.15, -0.1) is 0 Å². The number of nitrogens with one attached hydrogen (secondary N) is 1. The lowest BCUT2D eigenvalue weighted by atomic mass is 9.98. The SMILES string of the molecule is CC(CNC(c1ccc(Cl)cc1)C1CC1)c1ccccc1. The molecule has 0 spiro atoms. The molecule has 0 radical (unpaired) electrons. The third-order valence-electron chi connectivity index (χ3n) is 4.34. The smallest absolute Gasteiger partial charge is 0.0406 e. The maximum absolute atomic E-state index is 6.00. The molecule has 0 bridgehead atoms. The normalized spacial score (nSPS) is 17.4. The number of hydrogen-bond donors (Lipinski definition) is 1. The van der Waals surface area contributed by atoms with E-state index in [0.717, 1.165) is 17.5 Å². The van der Waals surface area contributed by atoms with Crippen LogP contribution in [0.5, 0.6) is 0 Å². The minimum Gasteiger partial charge on any atom is -0.309 e. The molecule has 2 heteroatoms. The number of benzene rings is 2. The Balaban J connectivity index is 1.65. The van der Waals surface area contributed by atoms with E-state index in [1.54, 1.807) is 0 Å². The van der Waals surface area contributed by atoms with Crippen LogP contribution in [0.4, 0.5) is 0 Å². The van der Waals surface area contributed by atoms with Gasteiger partial charge in [0, 0.05) is 17.6 Å². The fourth-order valence-corrected chi connectivity index (χ4v) is 2.99. The minimum atomic E-state index is 0.466. The van der Waals surface area contributed by atoms with Crippen molar-refractivity contribution in [3.63, 3.8) is 0 Å². The van der Waals surface area contributed by atoms with Crippen LogP contribution >= 0.6 is 11.6 Å². The van der Waals surface area contributed by atoms with Gasteiger partial charge in [-0.05, 0) is 47.9 Å². The molecule has 2 unspecified atom stereocenters. The van der Waals surface area contributed by atoms with Gasteiger partial charge in [-0.3, -0.25) is 0 Å². The molecule has 0 aliphatic heterocycles. The Bertz CT molecular complexity index is 560. The molecule has 0 aromatic heterocycles. The molecular weight excluding hydrogens is 278 g/mol. The first-order valence-corrected chi connectivity index (χ1v) is 8.15. The average Bonchev–Trinajstić information content (AvgIpc) is 3.35. The van der Waals surface area contributed by atoms with Crippen molar-refractivity contribution in [2.24, 2.45) is 5.92 Å². The van der Waals surface area contributed by atoms with E-state index in [-0.39, 0.29) is 0 Å². The lowest BCUT2D eigenvalue weighted by Crippen LogP contribution is -2.27. The minimum absolute atomic E-state index is 0.466. The van der Waals surface area contributed by atoms with Gasteiger partial charge in [0.05, 0.1) is 0 Å². The summed E-state index contributed by atoms with van der Waals surface area (Å²) < 4.78 is 0. The summed E-state index contributed by atoms with van der Waals surface area (Å²) in [6.45, 7) is 3.29. The molecule has 1 nitrogen and oxygen atoms in total. The third-order valence-corrected chi connectivity index (χ3v) is 4.59. The Hall–Kier alpha value is -1.31. The Morgan fingerprint density at radius 1 is 1.00 bits per heavy atom. The second kappa shape index (κ2) is 6.64. The van der Waals surface area contributed by atoms with Crippen LogP contribution in [0.1, 0.15) is 42.9 Å². The highest BCUT2D eigenvalue weighted by molar-refractivity contribution is 6.30. The predicted octanol–water partition coefficient (Wildman–Crippen LogP) is 5.18. The highest BCUT2D eigenvalue weighted by atomic mass is 35.5. The van der Waals surface area contributed by atoms with Gasteiger partial charge in [0.1, 0.15) is 0 Å². The van der Waals surface area contributed by atoms with Crippen LogP contribution in [0.15, 0.2) is 54.6 Å². The summed E-state index contributed by atoms with van der Waals surface area (Å²) in [5.74, 6) is 1.31. The van der Waals surface area contributed by atoms with E-state index < -0.39 is 0 Å². The molecule has 1 aliphatic rings. The fourth-order valence-electron chi connectivity index (χ4n) is 2.86. The summed E-state index contributed by atoms with van der Waals surface area (Å²) in [6, 6.07) is 19.5. The van der Waals surface area contributed by atoms with Crippen molar-refractivity contribution < 1.29 is 0 Å². The van der Waals surface area contributed by atoms with E-state index >= 15 is 0 Å². The highest BCUT2D eigenvalue weighted by Gasteiger charge is 2.32. The lowest BCUT2D eigenvalue weighted by Gasteiger charge is -2.22. The molecule has 2 aromatic rings. The monoisotopic (exact) mass is 299 g/mol. The second-order valence-corrected chi connectivity index (χ2v) is 6.52. The summed E-state index contributed by atoms with van der Waals surface area (Å²) in [5.41, 5.74) is 2.76. The van der Waals surface area contributed by atoms with E-state index in [9.17, 15) is 0 Å². The van der Waals surface area contributed by atoms with Gasteiger partial charge >= 0.3 is 0 Å². The molecule has 21 heavy (non-hydrogen) atoms. The van der Waals surface area contributed by atoms with Crippen LogP contribution in [0.3, 0.4) is 0 Å². The number of hydrogen-bond acceptors (Lipinski definition) is 1. The van der Waals surface area contributed by atoms with Crippen molar-refractivity contribution in [3.8, 4) is 0 Å². The predicted molar refractivity (Wildman–Crippen MR) is 89.8 cm³/mol. The van der Waals surface area contributed by atoms with Gasteiger partial charge in [0.15, 0.2) is 0 Å². The zero-order valence-corrected chi connectivity index (χ0v) is 13.2. The molecule has 1 aliphatic carbocycles. The molecule has 0 amide bonds. The Kier molecular flexibility index (Phi) is 4.62. The summed E-state index contributed by atoms with van der Waals surface area (Å²) in [7, 11) is 0. The summed E-state index contributed by atoms with van der Waals surface area (Å²) in [5, 5.41) is 4.58. The van der Waals surface area contributed by atoms with Gasteiger partial charge < -0.3 is 5.32 Å². The molecule has 1 saturated carbocycles. The molecule has 0 saturated heterocycles. The van der Waals surface area contributed by atoms with Gasteiger partial charge in [0.2, 0.25) is 0 Å². The van der Waals surface area contributed by atoms with Crippen LogP contribution < -0.4 is 5.32 Å². The molecule has 2 aromatic carbocycles. The van der Waals surface area contributed by atoms with Gasteiger partial charge in [-0.25, -0.2) is 0 Å². The van der Waals surface area contributed by atoms with Crippen LogP contribution in [0.25, 0.3) is 0 Å². The molecule has 1 fully saturated rings. The van der Waals surface area contributed by atoms with E-state index in [4.69, 9.17) is 11.6 Å². The van der Waals surface area contributed by atoms with Gasteiger partial charge in [-0.2, -0.15) is 0 Å². The quantitative estimate of drug-likeness (QED) is 0.774. The van der Waals surface area contributed by atoms with Crippen LogP contribution in [-0.2, 0) is 0 Å². The van der Waals surface area contributed by atoms with E-state index in [1.807, 2.05) is 12.1 Å². The van der Waals surface area contributed by atoms with Crippen LogP contribution in [-0.4, -0.2) is 6.54 Å². The van der Waals surface area contributed by atoms with Crippen molar-refractivity contribution in [2.45, 2.75) is 31.7 Å². The zero-order chi connectivity index (χ0) is 14.7. The number of rotatable bonds is 6. The first kappa shape index (κ1) is 14.6. The molecule has 0 heterocycles. The van der Waals surface area contributed by atoms with Crippen molar-refractivity contribution in [1.82, 2.24) is 5.32 Å². The van der Waals surface area contributed by atoms with Crippen LogP contribution in [0.2, 0.25) is 5.02 Å². The van der Waals surface area contributed by atoms with Crippen molar-refractivity contribution in [2.75, 3.05) is 6.54 Å². The Labute approximate surface area is 132 Å². The fraction of sp³-hybridized carbons (Fsp3) is 0.368. The van der Waals surface area contributed by atoms with E-state index in [2.05, 4.69) is 54.7 Å². The molecule has 1 N–H and O–H groups in total. The molecule has 3 rings (SSSR count). The Morgan fingerprint density at radius 3 is 2.29 bits per heavy atom. The first-order chi connectivity index (χ1) is 10.2. The average molecular weight is 300 g/mol. The van der Waals surface area contributed by atoms with Crippen LogP contribution in [0, 0.1) is 5.92 Å². The summed E-state index contributed by atoms with van der Waals surface area (Å²) in [4.78, 5) is 0. The van der Waals surface area contributed by atoms with E-state index in [1.165, 1.54) is 24.0 Å². The van der Waals surface area contributed by atoms with Crippen molar-refractivity contribution >= 4 is 11.6 Å². The third kappa shape index (κ3) is 3.87. The zero-order valence-electron chi connectivity index (χ0n) is 12.4. The maximum Gasteiger partial charge on any atom is 0.0406 e. The van der Waals surface area contributed by atoms with Gasteiger partial charge in [0.25, 0.3) is 0 Å². The topological polar surface area (TPSA) is 12.0 Å². The largest absolute Gasteiger partial charge is 0.309 e. The molecule has 2 atom stereocenters. The Morgan fingerprint density at radius 2 is 1.67 bits per heavy atom. The lowest BCUT2D eigenvalue weighted by molar-refractivity contribution is 0.463. The van der Waals surface area contributed by atoms with E-state index in [0.29, 0.717) is 12.0 Å². The second-order valence-electron chi connectivity index (χ2n) is 6.09. The summed E-state index contributed by atoms with van der Waals surface area (Å²) >= 11 is 6.00. The standard InChI is InChI=1S/C19H22ClN/c1-14(15-5-3-2-4-6-15)13-21-19(16-7-8-16)17-9-11-18(20)12-10-17/h2-6,9-12,14,16,19,21H,7-8,13H2,1H3. The first-order valence-electron chi connectivity index (χ1n) is 7.78. The number of halogens is 1. The molecular formula is C19H22ClN. The maximum atomic E-state index is 6.00.